The number of carbonyl (C=O) groups is 1. The van der Waals surface area contributed by atoms with Crippen molar-refractivity contribution in [2.24, 2.45) is 0 Å². The smallest absolute Gasteiger partial charge is 0.233 e. The Hall–Kier alpha value is -2.36. The van der Waals surface area contributed by atoms with Crippen LogP contribution in [0.25, 0.3) is 0 Å². The van der Waals surface area contributed by atoms with E-state index in [1.165, 1.54) is 11.1 Å². The van der Waals surface area contributed by atoms with Crippen LogP contribution in [0.1, 0.15) is 23.2 Å². The highest BCUT2D eigenvalue weighted by Gasteiger charge is 2.22. The monoisotopic (exact) mass is 281 g/mol. The molecule has 21 heavy (non-hydrogen) atoms. The molecule has 3 rings (SSSR count). The third kappa shape index (κ3) is 2.89. The van der Waals surface area contributed by atoms with Crippen LogP contribution in [0.15, 0.2) is 36.5 Å². The van der Waals surface area contributed by atoms with Crippen molar-refractivity contribution >= 4 is 17.3 Å². The number of hydrogen-bond acceptors (Lipinski definition) is 3. The van der Waals surface area contributed by atoms with E-state index < -0.39 is 0 Å². The van der Waals surface area contributed by atoms with Crippen LogP contribution in [0, 0.1) is 6.92 Å². The number of benzene rings is 1. The lowest BCUT2D eigenvalue weighted by Gasteiger charge is -2.29. The molecule has 1 aromatic heterocycles. The quantitative estimate of drug-likeness (QED) is 0.920. The summed E-state index contributed by atoms with van der Waals surface area (Å²) in [4.78, 5) is 18.7. The fraction of sp³-hybridized carbons (Fsp3) is 0.294. The van der Waals surface area contributed by atoms with Crippen molar-refractivity contribution in [3.8, 4) is 0 Å². The largest absolute Gasteiger partial charge is 0.397 e. The lowest BCUT2D eigenvalue weighted by atomic mass is 9.99. The molecule has 0 saturated carbocycles. The molecule has 2 heterocycles. The van der Waals surface area contributed by atoms with Gasteiger partial charge in [0.2, 0.25) is 5.91 Å². The molecule has 1 aromatic carbocycles. The number of aryl methyl sites for hydroxylation is 2. The van der Waals surface area contributed by atoms with Gasteiger partial charge >= 0.3 is 0 Å². The second kappa shape index (κ2) is 5.56. The summed E-state index contributed by atoms with van der Waals surface area (Å²) in [6.45, 7) is 2.86. The molecule has 0 bridgehead atoms. The first-order valence-electron chi connectivity index (χ1n) is 7.24. The molecule has 0 aliphatic carbocycles. The molecule has 1 aliphatic heterocycles. The first-order valence-corrected chi connectivity index (χ1v) is 7.24. The van der Waals surface area contributed by atoms with Crippen LogP contribution in [-0.2, 0) is 17.6 Å². The van der Waals surface area contributed by atoms with Crippen LogP contribution in [-0.4, -0.2) is 17.4 Å². The van der Waals surface area contributed by atoms with Gasteiger partial charge in [0.05, 0.1) is 18.3 Å². The maximum atomic E-state index is 12.6. The van der Waals surface area contributed by atoms with Crippen LogP contribution in [0.3, 0.4) is 0 Å². The van der Waals surface area contributed by atoms with Gasteiger partial charge in [-0.1, -0.05) is 17.7 Å². The second-order valence-corrected chi connectivity index (χ2v) is 5.54. The fourth-order valence-corrected chi connectivity index (χ4v) is 2.78. The van der Waals surface area contributed by atoms with Crippen molar-refractivity contribution in [3.63, 3.8) is 0 Å². The first kappa shape index (κ1) is 13.6. The highest BCUT2D eigenvalue weighted by molar-refractivity contribution is 5.95. The maximum absolute atomic E-state index is 12.6. The zero-order chi connectivity index (χ0) is 14.8. The van der Waals surface area contributed by atoms with Crippen molar-refractivity contribution in [2.45, 2.75) is 26.2 Å². The zero-order valence-corrected chi connectivity index (χ0v) is 12.2. The Morgan fingerprint density at radius 3 is 2.95 bits per heavy atom. The molecular formula is C17H19N3O. The molecular weight excluding hydrogens is 262 g/mol. The minimum absolute atomic E-state index is 0.0945. The van der Waals surface area contributed by atoms with Crippen molar-refractivity contribution in [2.75, 3.05) is 17.2 Å². The highest BCUT2D eigenvalue weighted by atomic mass is 16.2. The van der Waals surface area contributed by atoms with E-state index in [4.69, 9.17) is 5.73 Å². The first-order chi connectivity index (χ1) is 10.1. The van der Waals surface area contributed by atoms with Crippen molar-refractivity contribution in [3.05, 3.63) is 53.3 Å². The summed E-state index contributed by atoms with van der Waals surface area (Å²) in [5, 5.41) is 0. The number of fused-ring (bicyclic) bond motifs is 1. The van der Waals surface area contributed by atoms with Gasteiger partial charge in [0.25, 0.3) is 0 Å². The summed E-state index contributed by atoms with van der Waals surface area (Å²) in [6, 6.07) is 9.89. The Morgan fingerprint density at radius 1 is 1.33 bits per heavy atom. The number of rotatable bonds is 2. The Balaban J connectivity index is 1.81. The second-order valence-electron chi connectivity index (χ2n) is 5.54. The van der Waals surface area contributed by atoms with E-state index in [-0.39, 0.29) is 5.91 Å². The number of hydrogen-bond donors (Lipinski definition) is 1. The number of nitrogens with zero attached hydrogens (tertiary/aromatic N) is 2. The molecule has 0 radical (unpaired) electrons. The van der Waals surface area contributed by atoms with E-state index in [9.17, 15) is 4.79 Å². The number of anilines is 2. The number of pyridine rings is 1. The van der Waals surface area contributed by atoms with Gasteiger partial charge in [-0.3, -0.25) is 9.78 Å². The van der Waals surface area contributed by atoms with Crippen molar-refractivity contribution in [1.29, 1.82) is 0 Å². The lowest BCUT2D eigenvalue weighted by molar-refractivity contribution is -0.118. The van der Waals surface area contributed by atoms with Gasteiger partial charge in [0.1, 0.15) is 0 Å². The molecule has 4 heteroatoms. The molecule has 0 atom stereocenters. The van der Waals surface area contributed by atoms with E-state index in [0.29, 0.717) is 12.1 Å². The Kier molecular flexibility index (Phi) is 3.60. The fourth-order valence-electron chi connectivity index (χ4n) is 2.78. The molecule has 0 spiro atoms. The van der Waals surface area contributed by atoms with Crippen LogP contribution in [0.4, 0.5) is 11.4 Å². The Bertz CT molecular complexity index is 664. The minimum Gasteiger partial charge on any atom is -0.397 e. The summed E-state index contributed by atoms with van der Waals surface area (Å²) < 4.78 is 0. The van der Waals surface area contributed by atoms with E-state index >= 15 is 0 Å². The van der Waals surface area contributed by atoms with Gasteiger partial charge in [-0.25, -0.2) is 0 Å². The predicted octanol–water partition coefficient (Wildman–Crippen LogP) is 2.49. The standard InChI is InChI=1S/C17H19N3O/c1-12-4-7-16-13(9-12)3-2-8-20(16)17(21)10-15-6-5-14(18)11-19-15/h4-7,9,11H,2-3,8,10,18H2,1H3. The Morgan fingerprint density at radius 2 is 2.19 bits per heavy atom. The third-order valence-corrected chi connectivity index (χ3v) is 3.83. The summed E-state index contributed by atoms with van der Waals surface area (Å²) in [6.07, 6.45) is 3.96. The van der Waals surface area contributed by atoms with Gasteiger partial charge in [-0.05, 0) is 43.5 Å². The molecule has 0 fully saturated rings. The van der Waals surface area contributed by atoms with Crippen LogP contribution >= 0.6 is 0 Å². The van der Waals surface area contributed by atoms with Crippen molar-refractivity contribution < 1.29 is 4.79 Å². The van der Waals surface area contributed by atoms with Gasteiger partial charge < -0.3 is 10.6 Å². The molecule has 4 nitrogen and oxygen atoms in total. The van der Waals surface area contributed by atoms with Crippen LogP contribution in [0.2, 0.25) is 0 Å². The van der Waals surface area contributed by atoms with Gasteiger partial charge in [0.15, 0.2) is 0 Å². The number of nitrogens with two attached hydrogens (primary N) is 1. The molecule has 1 amide bonds. The zero-order valence-electron chi connectivity index (χ0n) is 12.2. The van der Waals surface area contributed by atoms with Crippen molar-refractivity contribution in [1.82, 2.24) is 4.98 Å². The molecule has 1 aliphatic rings. The summed E-state index contributed by atoms with van der Waals surface area (Å²) in [7, 11) is 0. The third-order valence-electron chi connectivity index (χ3n) is 3.83. The van der Waals surface area contributed by atoms with Gasteiger partial charge in [-0.2, -0.15) is 0 Å². The molecule has 2 N–H and O–H groups in total. The van der Waals surface area contributed by atoms with E-state index in [2.05, 4.69) is 30.1 Å². The number of aromatic nitrogens is 1. The van der Waals surface area contributed by atoms with Crippen LogP contribution in [0.5, 0.6) is 0 Å². The topological polar surface area (TPSA) is 59.2 Å². The predicted molar refractivity (Wildman–Crippen MR) is 84.2 cm³/mol. The highest BCUT2D eigenvalue weighted by Crippen LogP contribution is 2.28. The average molecular weight is 281 g/mol. The molecule has 108 valence electrons. The summed E-state index contributed by atoms with van der Waals surface area (Å²) in [5.74, 6) is 0.0945. The van der Waals surface area contributed by atoms with Crippen LogP contribution < -0.4 is 10.6 Å². The van der Waals surface area contributed by atoms with E-state index in [1.807, 2.05) is 11.0 Å². The minimum atomic E-state index is 0.0945. The normalized spacial score (nSPS) is 13.9. The van der Waals surface area contributed by atoms with E-state index in [1.54, 1.807) is 12.3 Å². The SMILES string of the molecule is Cc1ccc2c(c1)CCCN2C(=O)Cc1ccc(N)cn1. The summed E-state index contributed by atoms with van der Waals surface area (Å²) in [5.41, 5.74) is 10.5. The van der Waals surface area contributed by atoms with Gasteiger partial charge in [0, 0.05) is 17.9 Å². The molecule has 0 saturated heterocycles. The molecule has 2 aromatic rings. The molecule has 0 unspecified atom stereocenters. The number of amides is 1. The summed E-state index contributed by atoms with van der Waals surface area (Å²) >= 11 is 0. The number of carbonyl (C=O) groups excluding carboxylic acids is 1. The van der Waals surface area contributed by atoms with Gasteiger partial charge in [-0.15, -0.1) is 0 Å². The van der Waals surface area contributed by atoms with E-state index in [0.717, 1.165) is 30.8 Å². The maximum Gasteiger partial charge on any atom is 0.233 e. The lowest BCUT2D eigenvalue weighted by Crippen LogP contribution is -2.36. The average Bonchev–Trinajstić information content (AvgIpc) is 2.48. The number of nitrogen functional groups attached to an aromatic ring is 1. The Labute approximate surface area is 124 Å².